The molecule has 0 aliphatic heterocycles. The molecular formula is C14H16ClN3O. The Morgan fingerprint density at radius 2 is 1.95 bits per heavy atom. The highest BCUT2D eigenvalue weighted by molar-refractivity contribution is 6.17. The molecule has 19 heavy (non-hydrogen) atoms. The fourth-order valence-corrected chi connectivity index (χ4v) is 1.71. The summed E-state index contributed by atoms with van der Waals surface area (Å²) in [6.07, 6.45) is 3.33. The Morgan fingerprint density at radius 3 is 2.58 bits per heavy atom. The van der Waals surface area contributed by atoms with Gasteiger partial charge in [-0.15, -0.1) is 11.6 Å². The molecule has 0 aliphatic carbocycles. The van der Waals surface area contributed by atoms with E-state index in [1.54, 1.807) is 12.4 Å². The van der Waals surface area contributed by atoms with E-state index >= 15 is 0 Å². The lowest BCUT2D eigenvalue weighted by Crippen LogP contribution is -2.08. The van der Waals surface area contributed by atoms with Gasteiger partial charge in [-0.05, 0) is 31.5 Å². The monoisotopic (exact) mass is 277 g/mol. The van der Waals surface area contributed by atoms with E-state index < -0.39 is 0 Å². The fraction of sp³-hybridized carbons (Fsp3) is 0.286. The van der Waals surface area contributed by atoms with Crippen molar-refractivity contribution in [3.63, 3.8) is 0 Å². The predicted octanol–water partition coefficient (Wildman–Crippen LogP) is 3.75. The standard InChI is InChI=1S/C14H16ClN3O/c1-10(2)19-14-9-16-8-13(18-14)17-12-5-3-11(7-15)4-6-12/h3-6,8-10H,7H2,1-2H3,(H,17,18). The number of halogens is 1. The molecule has 4 nitrogen and oxygen atoms in total. The number of alkyl halides is 1. The van der Waals surface area contributed by atoms with Crippen molar-refractivity contribution in [2.24, 2.45) is 0 Å². The summed E-state index contributed by atoms with van der Waals surface area (Å²) in [6, 6.07) is 7.85. The summed E-state index contributed by atoms with van der Waals surface area (Å²) in [4.78, 5) is 8.43. The van der Waals surface area contributed by atoms with E-state index in [1.165, 1.54) is 0 Å². The SMILES string of the molecule is CC(C)Oc1cncc(Nc2ccc(CCl)cc2)n1. The summed E-state index contributed by atoms with van der Waals surface area (Å²) in [5.74, 6) is 1.67. The second kappa shape index (κ2) is 6.38. The number of rotatable bonds is 5. The van der Waals surface area contributed by atoms with Gasteiger partial charge in [0.05, 0.1) is 18.5 Å². The molecule has 0 saturated heterocycles. The zero-order chi connectivity index (χ0) is 13.7. The molecule has 0 amide bonds. The first-order valence-electron chi connectivity index (χ1n) is 6.08. The second-order valence-electron chi connectivity index (χ2n) is 4.36. The van der Waals surface area contributed by atoms with E-state index in [2.05, 4.69) is 15.3 Å². The molecule has 1 aromatic heterocycles. The maximum atomic E-state index is 5.75. The van der Waals surface area contributed by atoms with Crippen LogP contribution >= 0.6 is 11.6 Å². The van der Waals surface area contributed by atoms with E-state index in [4.69, 9.17) is 16.3 Å². The normalized spacial score (nSPS) is 10.5. The van der Waals surface area contributed by atoms with Crippen LogP contribution in [-0.2, 0) is 5.88 Å². The van der Waals surface area contributed by atoms with Gasteiger partial charge < -0.3 is 10.1 Å². The fourth-order valence-electron chi connectivity index (χ4n) is 1.53. The molecule has 0 atom stereocenters. The molecule has 2 aromatic rings. The summed E-state index contributed by atoms with van der Waals surface area (Å²) in [7, 11) is 0. The van der Waals surface area contributed by atoms with Gasteiger partial charge in [-0.3, -0.25) is 4.98 Å². The van der Waals surface area contributed by atoms with Gasteiger partial charge in [-0.25, -0.2) is 0 Å². The molecule has 0 unspecified atom stereocenters. The molecule has 0 bridgehead atoms. The van der Waals surface area contributed by atoms with Crippen molar-refractivity contribution in [1.82, 2.24) is 9.97 Å². The molecule has 0 fully saturated rings. The number of nitrogens with zero attached hydrogens (tertiary/aromatic N) is 2. The number of aromatic nitrogens is 2. The van der Waals surface area contributed by atoms with Gasteiger partial charge in [0.2, 0.25) is 5.88 Å². The van der Waals surface area contributed by atoms with Crippen molar-refractivity contribution in [2.45, 2.75) is 25.8 Å². The number of anilines is 2. The lowest BCUT2D eigenvalue weighted by atomic mass is 10.2. The minimum absolute atomic E-state index is 0.0764. The Bertz CT molecular complexity index is 528. The summed E-state index contributed by atoms with van der Waals surface area (Å²) < 4.78 is 5.50. The highest BCUT2D eigenvalue weighted by atomic mass is 35.5. The maximum absolute atomic E-state index is 5.75. The van der Waals surface area contributed by atoms with Crippen molar-refractivity contribution in [1.29, 1.82) is 0 Å². The van der Waals surface area contributed by atoms with Crippen LogP contribution in [0.25, 0.3) is 0 Å². The average molecular weight is 278 g/mol. The quantitative estimate of drug-likeness (QED) is 0.846. The Balaban J connectivity index is 2.09. The summed E-state index contributed by atoms with van der Waals surface area (Å²) in [5, 5.41) is 3.17. The largest absolute Gasteiger partial charge is 0.474 e. The number of ether oxygens (including phenoxy) is 1. The Morgan fingerprint density at radius 1 is 1.21 bits per heavy atom. The lowest BCUT2D eigenvalue weighted by molar-refractivity contribution is 0.232. The third-order valence-corrected chi connectivity index (χ3v) is 2.66. The molecule has 0 aliphatic rings. The third kappa shape index (κ3) is 4.10. The van der Waals surface area contributed by atoms with E-state index in [1.807, 2.05) is 38.1 Å². The maximum Gasteiger partial charge on any atom is 0.234 e. The number of hydrogen-bond acceptors (Lipinski definition) is 4. The Kier molecular flexibility index (Phi) is 4.58. The molecule has 2 rings (SSSR count). The average Bonchev–Trinajstić information content (AvgIpc) is 2.39. The smallest absolute Gasteiger partial charge is 0.234 e. The molecule has 0 radical (unpaired) electrons. The molecule has 1 N–H and O–H groups in total. The molecule has 1 aromatic carbocycles. The van der Waals surface area contributed by atoms with Crippen molar-refractivity contribution in [3.8, 4) is 5.88 Å². The highest BCUT2D eigenvalue weighted by Crippen LogP contribution is 2.17. The topological polar surface area (TPSA) is 47.0 Å². The first kappa shape index (κ1) is 13.6. The van der Waals surface area contributed by atoms with E-state index in [0.29, 0.717) is 17.6 Å². The lowest BCUT2D eigenvalue weighted by Gasteiger charge is -2.10. The van der Waals surface area contributed by atoms with E-state index in [9.17, 15) is 0 Å². The van der Waals surface area contributed by atoms with Crippen LogP contribution in [0.15, 0.2) is 36.7 Å². The van der Waals surface area contributed by atoms with Gasteiger partial charge in [-0.1, -0.05) is 12.1 Å². The van der Waals surface area contributed by atoms with Crippen LogP contribution in [-0.4, -0.2) is 16.1 Å². The second-order valence-corrected chi connectivity index (χ2v) is 4.63. The van der Waals surface area contributed by atoms with Gasteiger partial charge in [-0.2, -0.15) is 4.98 Å². The van der Waals surface area contributed by atoms with Crippen LogP contribution in [0.1, 0.15) is 19.4 Å². The van der Waals surface area contributed by atoms with Crippen molar-refractivity contribution in [2.75, 3.05) is 5.32 Å². The zero-order valence-electron chi connectivity index (χ0n) is 10.9. The Hall–Kier alpha value is -1.81. The van der Waals surface area contributed by atoms with Gasteiger partial charge in [0, 0.05) is 11.6 Å². The summed E-state index contributed by atoms with van der Waals surface area (Å²) in [6.45, 7) is 3.90. The summed E-state index contributed by atoms with van der Waals surface area (Å²) in [5.41, 5.74) is 2.01. The van der Waals surface area contributed by atoms with Gasteiger partial charge in [0.1, 0.15) is 0 Å². The first-order chi connectivity index (χ1) is 9.17. The molecule has 1 heterocycles. The first-order valence-corrected chi connectivity index (χ1v) is 6.61. The van der Waals surface area contributed by atoms with Crippen molar-refractivity contribution >= 4 is 23.1 Å². The Labute approximate surface area is 117 Å². The number of benzene rings is 1. The van der Waals surface area contributed by atoms with Crippen LogP contribution in [0, 0.1) is 0 Å². The molecule has 100 valence electrons. The van der Waals surface area contributed by atoms with Gasteiger partial charge in [0.25, 0.3) is 0 Å². The molecule has 0 saturated carbocycles. The van der Waals surface area contributed by atoms with Gasteiger partial charge in [0.15, 0.2) is 5.82 Å². The molecule has 5 heteroatoms. The van der Waals surface area contributed by atoms with Crippen LogP contribution in [0.2, 0.25) is 0 Å². The van der Waals surface area contributed by atoms with Crippen LogP contribution in [0.5, 0.6) is 5.88 Å². The number of nitrogens with one attached hydrogen (secondary N) is 1. The zero-order valence-corrected chi connectivity index (χ0v) is 11.7. The van der Waals surface area contributed by atoms with Gasteiger partial charge >= 0.3 is 0 Å². The van der Waals surface area contributed by atoms with E-state index in [0.717, 1.165) is 11.3 Å². The van der Waals surface area contributed by atoms with Crippen molar-refractivity contribution in [3.05, 3.63) is 42.2 Å². The summed E-state index contributed by atoms with van der Waals surface area (Å²) >= 11 is 5.75. The van der Waals surface area contributed by atoms with Crippen molar-refractivity contribution < 1.29 is 4.74 Å². The molecule has 0 spiro atoms. The third-order valence-electron chi connectivity index (χ3n) is 2.35. The van der Waals surface area contributed by atoms with Crippen LogP contribution < -0.4 is 10.1 Å². The minimum Gasteiger partial charge on any atom is -0.474 e. The van der Waals surface area contributed by atoms with Crippen LogP contribution in [0.4, 0.5) is 11.5 Å². The van der Waals surface area contributed by atoms with Crippen LogP contribution in [0.3, 0.4) is 0 Å². The number of hydrogen-bond donors (Lipinski definition) is 1. The minimum atomic E-state index is 0.0764. The highest BCUT2D eigenvalue weighted by Gasteiger charge is 2.02. The predicted molar refractivity (Wildman–Crippen MR) is 77.1 cm³/mol. The van der Waals surface area contributed by atoms with E-state index in [-0.39, 0.29) is 6.10 Å². The molecular weight excluding hydrogens is 262 g/mol.